The number of carbonyl (C=O) groups is 1. The molecule has 0 saturated heterocycles. The third kappa shape index (κ3) is 5.88. The summed E-state index contributed by atoms with van der Waals surface area (Å²) in [5, 5.41) is -0.408. The summed E-state index contributed by atoms with van der Waals surface area (Å²) in [6.07, 6.45) is 1.04. The number of nitrogens with zero attached hydrogens (tertiary/aromatic N) is 1. The summed E-state index contributed by atoms with van der Waals surface area (Å²) in [6.45, 7) is 1.86. The Hall–Kier alpha value is -1.35. The van der Waals surface area contributed by atoms with Crippen LogP contribution in [0, 0.1) is 0 Å². The molecule has 2 nitrogen and oxygen atoms in total. The van der Waals surface area contributed by atoms with E-state index in [1.165, 1.54) is 11.1 Å². The second-order valence-corrected chi connectivity index (χ2v) is 5.29. The Kier molecular flexibility index (Phi) is 7.44. The average molecular weight is 324 g/mol. The van der Waals surface area contributed by atoms with Gasteiger partial charge in [-0.15, -0.1) is 12.4 Å². The molecule has 0 radical (unpaired) electrons. The van der Waals surface area contributed by atoms with Gasteiger partial charge in [0.1, 0.15) is 0 Å². The molecule has 0 N–H and O–H groups in total. The van der Waals surface area contributed by atoms with Gasteiger partial charge in [0, 0.05) is 18.7 Å². The lowest BCUT2D eigenvalue weighted by Crippen LogP contribution is -2.20. The van der Waals surface area contributed by atoms with Gasteiger partial charge in [0.15, 0.2) is 0 Å². The summed E-state index contributed by atoms with van der Waals surface area (Å²) in [5.74, 6) is 0. The van der Waals surface area contributed by atoms with Gasteiger partial charge in [-0.3, -0.25) is 4.79 Å². The fourth-order valence-electron chi connectivity index (χ4n) is 2.10. The maximum atomic E-state index is 11.0. The molecule has 0 aliphatic carbocycles. The van der Waals surface area contributed by atoms with E-state index < -0.39 is 5.24 Å². The van der Waals surface area contributed by atoms with Gasteiger partial charge < -0.3 is 4.90 Å². The number of halogens is 2. The van der Waals surface area contributed by atoms with E-state index in [1.807, 2.05) is 18.2 Å². The molecule has 112 valence electrons. The van der Waals surface area contributed by atoms with Crippen LogP contribution < -0.4 is 0 Å². The predicted molar refractivity (Wildman–Crippen MR) is 90.4 cm³/mol. The van der Waals surface area contributed by atoms with Gasteiger partial charge in [-0.2, -0.15) is 0 Å². The van der Waals surface area contributed by atoms with Crippen LogP contribution in [-0.2, 0) is 13.0 Å². The van der Waals surface area contributed by atoms with E-state index in [-0.39, 0.29) is 12.4 Å². The number of likely N-dealkylation sites (N-methyl/N-ethyl adjacent to an activating group) is 1. The highest BCUT2D eigenvalue weighted by Crippen LogP contribution is 2.09. The van der Waals surface area contributed by atoms with Crippen molar-refractivity contribution in [3.8, 4) is 0 Å². The Morgan fingerprint density at radius 3 is 2.19 bits per heavy atom. The van der Waals surface area contributed by atoms with Crippen LogP contribution in [0.4, 0.5) is 0 Å². The Morgan fingerprint density at radius 2 is 1.62 bits per heavy atom. The minimum Gasteiger partial charge on any atom is -0.302 e. The summed E-state index contributed by atoms with van der Waals surface area (Å²) >= 11 is 5.43. The Bertz CT molecular complexity index is 555. The molecule has 0 aromatic heterocycles. The van der Waals surface area contributed by atoms with Crippen molar-refractivity contribution in [2.45, 2.75) is 13.0 Å². The second kappa shape index (κ2) is 8.83. The molecule has 0 saturated carbocycles. The first kappa shape index (κ1) is 17.7. The molecule has 0 aliphatic heterocycles. The monoisotopic (exact) mass is 323 g/mol. The minimum atomic E-state index is -0.408. The third-order valence-corrected chi connectivity index (χ3v) is 3.48. The SMILES string of the molecule is CN(CCc1ccccc1)Cc1ccc(C(=O)Cl)cc1.Cl. The lowest BCUT2D eigenvalue weighted by molar-refractivity contribution is 0.108. The number of hydrogen-bond acceptors (Lipinski definition) is 2. The maximum Gasteiger partial charge on any atom is 0.252 e. The zero-order chi connectivity index (χ0) is 14.4. The van der Waals surface area contributed by atoms with Crippen molar-refractivity contribution in [1.82, 2.24) is 4.90 Å². The summed E-state index contributed by atoms with van der Waals surface area (Å²) in [5.41, 5.74) is 3.08. The number of rotatable bonds is 6. The standard InChI is InChI=1S/C17H18ClNO.ClH/c1-19(12-11-14-5-3-2-4-6-14)13-15-7-9-16(10-8-15)17(18)20;/h2-10H,11-13H2,1H3;1H. The first-order valence-electron chi connectivity index (χ1n) is 6.66. The van der Waals surface area contributed by atoms with Crippen LogP contribution in [0.5, 0.6) is 0 Å². The zero-order valence-electron chi connectivity index (χ0n) is 12.0. The van der Waals surface area contributed by atoms with E-state index in [1.54, 1.807) is 12.1 Å². The average Bonchev–Trinajstić information content (AvgIpc) is 2.47. The molecule has 2 aromatic rings. The van der Waals surface area contributed by atoms with E-state index in [4.69, 9.17) is 11.6 Å². The lowest BCUT2D eigenvalue weighted by Gasteiger charge is -2.16. The van der Waals surface area contributed by atoms with Crippen molar-refractivity contribution in [2.24, 2.45) is 0 Å². The van der Waals surface area contributed by atoms with Crippen LogP contribution in [0.3, 0.4) is 0 Å². The van der Waals surface area contributed by atoms with Crippen LogP contribution in [0.1, 0.15) is 21.5 Å². The molecule has 4 heteroatoms. The Balaban J connectivity index is 0.00000220. The smallest absolute Gasteiger partial charge is 0.252 e. The van der Waals surface area contributed by atoms with Gasteiger partial charge >= 0.3 is 0 Å². The van der Waals surface area contributed by atoms with Crippen molar-refractivity contribution in [2.75, 3.05) is 13.6 Å². The van der Waals surface area contributed by atoms with Gasteiger partial charge in [-0.25, -0.2) is 0 Å². The molecule has 0 fully saturated rings. The van der Waals surface area contributed by atoms with Gasteiger partial charge in [-0.05, 0) is 48.3 Å². The van der Waals surface area contributed by atoms with Crippen LogP contribution in [0.15, 0.2) is 54.6 Å². The summed E-state index contributed by atoms with van der Waals surface area (Å²) < 4.78 is 0. The zero-order valence-corrected chi connectivity index (χ0v) is 13.5. The summed E-state index contributed by atoms with van der Waals surface area (Å²) in [7, 11) is 2.10. The maximum absolute atomic E-state index is 11.0. The fraction of sp³-hybridized carbons (Fsp3) is 0.235. The van der Waals surface area contributed by atoms with Gasteiger partial charge in [0.25, 0.3) is 5.24 Å². The third-order valence-electron chi connectivity index (χ3n) is 3.26. The fourth-order valence-corrected chi connectivity index (χ4v) is 2.22. The molecule has 0 amide bonds. The van der Waals surface area contributed by atoms with E-state index in [0.717, 1.165) is 19.5 Å². The number of benzene rings is 2. The van der Waals surface area contributed by atoms with Crippen LogP contribution >= 0.6 is 24.0 Å². The molecule has 21 heavy (non-hydrogen) atoms. The van der Waals surface area contributed by atoms with E-state index in [9.17, 15) is 4.79 Å². The first-order valence-corrected chi connectivity index (χ1v) is 7.04. The highest BCUT2D eigenvalue weighted by atomic mass is 35.5. The van der Waals surface area contributed by atoms with Gasteiger partial charge in [-0.1, -0.05) is 42.5 Å². The molecule has 2 rings (SSSR count). The molecule has 0 unspecified atom stereocenters. The van der Waals surface area contributed by atoms with Gasteiger partial charge in [0.2, 0.25) is 0 Å². The van der Waals surface area contributed by atoms with Crippen LogP contribution in [0.25, 0.3) is 0 Å². The Labute approximate surface area is 137 Å². The lowest BCUT2D eigenvalue weighted by atomic mass is 10.1. The van der Waals surface area contributed by atoms with Crippen molar-refractivity contribution in [1.29, 1.82) is 0 Å². The van der Waals surface area contributed by atoms with Crippen molar-refractivity contribution < 1.29 is 4.79 Å². The summed E-state index contributed by atoms with van der Waals surface area (Å²) in [6, 6.07) is 17.9. The van der Waals surface area contributed by atoms with Crippen molar-refractivity contribution in [3.05, 3.63) is 71.3 Å². The van der Waals surface area contributed by atoms with Crippen LogP contribution in [0.2, 0.25) is 0 Å². The molecule has 0 aliphatic rings. The van der Waals surface area contributed by atoms with E-state index in [0.29, 0.717) is 5.56 Å². The molecule has 0 bridgehead atoms. The molecule has 0 atom stereocenters. The highest BCUT2D eigenvalue weighted by Gasteiger charge is 2.04. The normalized spacial score (nSPS) is 10.2. The minimum absolute atomic E-state index is 0. The van der Waals surface area contributed by atoms with Crippen molar-refractivity contribution >= 4 is 29.3 Å². The van der Waals surface area contributed by atoms with Crippen molar-refractivity contribution in [3.63, 3.8) is 0 Å². The molecular formula is C17H19Cl2NO. The highest BCUT2D eigenvalue weighted by molar-refractivity contribution is 6.67. The molecule has 2 aromatic carbocycles. The molecular weight excluding hydrogens is 305 g/mol. The largest absolute Gasteiger partial charge is 0.302 e. The molecule has 0 heterocycles. The Morgan fingerprint density at radius 1 is 1.00 bits per heavy atom. The van der Waals surface area contributed by atoms with E-state index >= 15 is 0 Å². The quantitative estimate of drug-likeness (QED) is 0.744. The summed E-state index contributed by atoms with van der Waals surface area (Å²) in [4.78, 5) is 13.3. The topological polar surface area (TPSA) is 20.3 Å². The van der Waals surface area contributed by atoms with Crippen LogP contribution in [-0.4, -0.2) is 23.7 Å². The first-order chi connectivity index (χ1) is 9.65. The van der Waals surface area contributed by atoms with E-state index in [2.05, 4.69) is 36.2 Å². The number of carbonyl (C=O) groups excluding carboxylic acids is 1. The molecule has 0 spiro atoms. The second-order valence-electron chi connectivity index (χ2n) is 4.94. The predicted octanol–water partition coefficient (Wildman–Crippen LogP) is 4.16. The number of hydrogen-bond donors (Lipinski definition) is 0. The van der Waals surface area contributed by atoms with Gasteiger partial charge in [0.05, 0.1) is 0 Å².